The third kappa shape index (κ3) is 5.56. The van der Waals surface area contributed by atoms with Gasteiger partial charge in [-0.25, -0.2) is 0 Å². The Hall–Kier alpha value is -2.42. The minimum atomic E-state index is -0.0902. The smallest absolute Gasteiger partial charge is 0.251 e. The monoisotopic (exact) mass is 391 g/mol. The second kappa shape index (κ2) is 8.14. The average Bonchev–Trinajstić information content (AvgIpc) is 3.41. The van der Waals surface area contributed by atoms with Crippen LogP contribution in [0.2, 0.25) is 0 Å². The van der Waals surface area contributed by atoms with Gasteiger partial charge in [-0.1, -0.05) is 58.0 Å². The van der Waals surface area contributed by atoms with E-state index in [0.29, 0.717) is 24.3 Å². The Morgan fingerprint density at radius 1 is 1.03 bits per heavy atom. The highest BCUT2D eigenvalue weighted by atomic mass is 16.1. The number of ketones is 1. The molecule has 0 aromatic heterocycles. The lowest BCUT2D eigenvalue weighted by Crippen LogP contribution is -2.27. The fraction of sp³-hybridized carbons (Fsp3) is 0.462. The van der Waals surface area contributed by atoms with Crippen molar-refractivity contribution in [3.05, 3.63) is 59.2 Å². The molecule has 0 heterocycles. The van der Waals surface area contributed by atoms with Crippen molar-refractivity contribution in [2.45, 2.75) is 60.3 Å². The van der Waals surface area contributed by atoms with Gasteiger partial charge in [0.25, 0.3) is 5.91 Å². The number of carbonyl (C=O) groups excluding carboxylic acids is 2. The minimum Gasteiger partial charge on any atom is -0.352 e. The Labute approximate surface area is 174 Å². The molecule has 1 N–H and O–H groups in total. The van der Waals surface area contributed by atoms with Crippen LogP contribution in [0.1, 0.15) is 68.4 Å². The molecule has 0 bridgehead atoms. The lowest BCUT2D eigenvalue weighted by molar-refractivity contribution is -0.122. The first kappa shape index (κ1) is 21.3. The molecule has 1 aliphatic rings. The summed E-state index contributed by atoms with van der Waals surface area (Å²) >= 11 is 0. The summed E-state index contributed by atoms with van der Waals surface area (Å²) in [4.78, 5) is 24.8. The number of amides is 1. The number of Topliss-reactive ketones (excluding diaryl/α,β-unsaturated/α-hetero) is 1. The van der Waals surface area contributed by atoms with Crippen molar-refractivity contribution in [2.75, 3.05) is 6.54 Å². The molecule has 0 unspecified atom stereocenters. The predicted molar refractivity (Wildman–Crippen MR) is 119 cm³/mol. The van der Waals surface area contributed by atoms with Crippen molar-refractivity contribution in [2.24, 2.45) is 10.8 Å². The maximum absolute atomic E-state index is 12.5. The zero-order valence-electron chi connectivity index (χ0n) is 18.4. The van der Waals surface area contributed by atoms with Crippen LogP contribution in [0.3, 0.4) is 0 Å². The molecule has 3 heteroatoms. The molecule has 3 rings (SSSR count). The molecule has 0 radical (unpaired) electrons. The number of rotatable bonds is 7. The lowest BCUT2D eigenvalue weighted by atomic mass is 9.92. The molecule has 29 heavy (non-hydrogen) atoms. The highest BCUT2D eigenvalue weighted by Crippen LogP contribution is 2.46. The first-order chi connectivity index (χ1) is 13.6. The van der Waals surface area contributed by atoms with Crippen LogP contribution in [0.15, 0.2) is 42.5 Å². The van der Waals surface area contributed by atoms with E-state index in [1.807, 2.05) is 24.3 Å². The van der Waals surface area contributed by atoms with Gasteiger partial charge in [0.2, 0.25) is 0 Å². The van der Waals surface area contributed by atoms with E-state index in [0.717, 1.165) is 36.0 Å². The van der Waals surface area contributed by atoms with Crippen LogP contribution in [0.4, 0.5) is 0 Å². The summed E-state index contributed by atoms with van der Waals surface area (Å²) in [6.45, 7) is 11.3. The summed E-state index contributed by atoms with van der Waals surface area (Å²) in [5.74, 6) is 0.309. The number of nitrogens with one attached hydrogen (secondary N) is 1. The van der Waals surface area contributed by atoms with Crippen molar-refractivity contribution in [3.8, 4) is 11.1 Å². The Balaban J connectivity index is 1.69. The SMILES string of the molecule is Cc1ccc(CC(=O)C2(C)CC2)cc1-c1ccc(C(=O)NCCC(C)(C)C)cc1. The third-order valence-corrected chi connectivity index (χ3v) is 5.96. The maximum Gasteiger partial charge on any atom is 0.251 e. The van der Waals surface area contributed by atoms with Crippen molar-refractivity contribution in [1.82, 2.24) is 5.32 Å². The fourth-order valence-corrected chi connectivity index (χ4v) is 3.41. The Morgan fingerprint density at radius 2 is 1.69 bits per heavy atom. The second-order valence-corrected chi connectivity index (χ2v) is 9.95. The van der Waals surface area contributed by atoms with Crippen LogP contribution < -0.4 is 5.32 Å². The number of hydrogen-bond donors (Lipinski definition) is 1. The Morgan fingerprint density at radius 3 is 2.28 bits per heavy atom. The van der Waals surface area contributed by atoms with Crippen LogP contribution in [-0.4, -0.2) is 18.2 Å². The van der Waals surface area contributed by atoms with Crippen molar-refractivity contribution in [3.63, 3.8) is 0 Å². The van der Waals surface area contributed by atoms with E-state index in [2.05, 4.69) is 58.1 Å². The summed E-state index contributed by atoms with van der Waals surface area (Å²) < 4.78 is 0. The molecule has 0 saturated heterocycles. The van der Waals surface area contributed by atoms with Gasteiger partial charge >= 0.3 is 0 Å². The molecule has 0 atom stereocenters. The highest BCUT2D eigenvalue weighted by Gasteiger charge is 2.43. The van der Waals surface area contributed by atoms with E-state index in [4.69, 9.17) is 0 Å². The van der Waals surface area contributed by atoms with E-state index < -0.39 is 0 Å². The van der Waals surface area contributed by atoms with Gasteiger partial charge in [-0.2, -0.15) is 0 Å². The Bertz CT molecular complexity index is 899. The molecule has 1 saturated carbocycles. The van der Waals surface area contributed by atoms with Gasteiger partial charge in [-0.3, -0.25) is 9.59 Å². The number of benzene rings is 2. The molecular weight excluding hydrogens is 358 g/mol. The molecule has 3 nitrogen and oxygen atoms in total. The van der Waals surface area contributed by atoms with Gasteiger partial charge in [0.05, 0.1) is 0 Å². The first-order valence-corrected chi connectivity index (χ1v) is 10.6. The molecule has 0 aliphatic heterocycles. The number of carbonyl (C=O) groups is 2. The van der Waals surface area contributed by atoms with Gasteiger partial charge in [-0.05, 0) is 66.0 Å². The number of hydrogen-bond acceptors (Lipinski definition) is 2. The summed E-state index contributed by atoms with van der Waals surface area (Å²) in [5.41, 5.74) is 5.21. The minimum absolute atomic E-state index is 0.0328. The van der Waals surface area contributed by atoms with Crippen LogP contribution >= 0.6 is 0 Å². The van der Waals surface area contributed by atoms with Gasteiger partial charge < -0.3 is 5.32 Å². The topological polar surface area (TPSA) is 46.2 Å². The third-order valence-electron chi connectivity index (χ3n) is 5.96. The summed E-state index contributed by atoms with van der Waals surface area (Å²) in [6.07, 6.45) is 3.48. The summed E-state index contributed by atoms with van der Waals surface area (Å²) in [7, 11) is 0. The Kier molecular flexibility index (Phi) is 5.97. The van der Waals surface area contributed by atoms with Crippen LogP contribution in [-0.2, 0) is 11.2 Å². The summed E-state index contributed by atoms with van der Waals surface area (Å²) in [5, 5.41) is 3.00. The maximum atomic E-state index is 12.5. The van der Waals surface area contributed by atoms with Crippen LogP contribution in [0.5, 0.6) is 0 Å². The van der Waals surface area contributed by atoms with E-state index in [9.17, 15) is 9.59 Å². The zero-order chi connectivity index (χ0) is 21.2. The predicted octanol–water partition coefficient (Wildman–Crippen LogP) is 5.74. The van der Waals surface area contributed by atoms with E-state index in [1.54, 1.807) is 0 Å². The van der Waals surface area contributed by atoms with Gasteiger partial charge in [-0.15, -0.1) is 0 Å². The van der Waals surface area contributed by atoms with Crippen molar-refractivity contribution >= 4 is 11.7 Å². The van der Waals surface area contributed by atoms with E-state index in [1.165, 1.54) is 5.56 Å². The van der Waals surface area contributed by atoms with Gasteiger partial charge in [0.15, 0.2) is 0 Å². The van der Waals surface area contributed by atoms with Crippen LogP contribution in [0.25, 0.3) is 11.1 Å². The van der Waals surface area contributed by atoms with E-state index in [-0.39, 0.29) is 16.7 Å². The average molecular weight is 392 g/mol. The quantitative estimate of drug-likeness (QED) is 0.654. The van der Waals surface area contributed by atoms with Crippen molar-refractivity contribution in [1.29, 1.82) is 0 Å². The normalized spacial score (nSPS) is 15.1. The molecule has 0 spiro atoms. The van der Waals surface area contributed by atoms with Gasteiger partial charge in [0, 0.05) is 23.9 Å². The second-order valence-electron chi connectivity index (χ2n) is 9.95. The molecule has 154 valence electrons. The summed E-state index contributed by atoms with van der Waals surface area (Å²) in [6, 6.07) is 14.0. The van der Waals surface area contributed by atoms with Gasteiger partial charge in [0.1, 0.15) is 5.78 Å². The molecule has 2 aromatic carbocycles. The first-order valence-electron chi connectivity index (χ1n) is 10.6. The van der Waals surface area contributed by atoms with E-state index >= 15 is 0 Å². The molecule has 2 aromatic rings. The molecular formula is C26H33NO2. The molecule has 1 amide bonds. The number of aryl methyl sites for hydroxylation is 1. The van der Waals surface area contributed by atoms with Crippen molar-refractivity contribution < 1.29 is 9.59 Å². The lowest BCUT2D eigenvalue weighted by Gasteiger charge is -2.18. The molecule has 1 aliphatic carbocycles. The standard InChI is InChI=1S/C26H33NO2/c1-18-6-7-19(17-23(28)26(5)12-13-26)16-22(18)20-8-10-21(11-9-20)24(29)27-15-14-25(2,3)4/h6-11,16H,12-15,17H2,1-5H3,(H,27,29). The van der Waals surface area contributed by atoms with Crippen LogP contribution in [0, 0.1) is 17.8 Å². The molecule has 1 fully saturated rings. The fourth-order valence-electron chi connectivity index (χ4n) is 3.41. The highest BCUT2D eigenvalue weighted by molar-refractivity contribution is 5.94. The zero-order valence-corrected chi connectivity index (χ0v) is 18.4. The largest absolute Gasteiger partial charge is 0.352 e.